The highest BCUT2D eigenvalue weighted by Crippen LogP contribution is 2.53. The highest BCUT2D eigenvalue weighted by molar-refractivity contribution is 7.93. The second kappa shape index (κ2) is 22.8. The summed E-state index contributed by atoms with van der Waals surface area (Å²) in [6.07, 6.45) is -0.703. The molecule has 0 amide bonds. The highest BCUT2D eigenvalue weighted by atomic mass is 32.2. The lowest BCUT2D eigenvalue weighted by Gasteiger charge is -2.55. The zero-order valence-electron chi connectivity index (χ0n) is 44.0. The van der Waals surface area contributed by atoms with Gasteiger partial charge in [-0.2, -0.15) is 0 Å². The molecule has 0 unspecified atom stereocenters. The van der Waals surface area contributed by atoms with Gasteiger partial charge in [-0.05, 0) is 63.7 Å². The molecule has 0 aromatic heterocycles. The van der Waals surface area contributed by atoms with Crippen LogP contribution in [0.1, 0.15) is 91.7 Å². The van der Waals surface area contributed by atoms with E-state index in [9.17, 15) is 0 Å². The standard InChI is InChI=1S/C60H78O10SSi2/c1-8-72(9-2,10-3)70-54-39-51-50(38-53-52(66-51)40-56(64-43-46-28-18-12-19-29-46)59(7,68-53)36-37-63-42-45-26-16-11-17-27-45)67-55(54)41-60(71(61,62)47-30-20-13-21-31-47)57(69-60)44-65-73(58(4,5)6,48-32-22-14-23-33-48)49-34-24-15-25-35-49/h11-35,50-57H,8-10,36-44H2,1-7H3/t50-,51+,52-,53+,54-,55+,56+,57-,59-,60+/m1/s1. The van der Waals surface area contributed by atoms with Crippen molar-refractivity contribution in [2.45, 2.75) is 181 Å². The van der Waals surface area contributed by atoms with Crippen molar-refractivity contribution < 1.29 is 45.7 Å². The van der Waals surface area contributed by atoms with Crippen molar-refractivity contribution in [3.05, 3.63) is 163 Å². The zero-order valence-corrected chi connectivity index (χ0v) is 46.8. The molecule has 9 rings (SSSR count). The maximum absolute atomic E-state index is 15.4. The largest absolute Gasteiger partial charge is 0.411 e. The Bertz CT molecular complexity index is 2570. The summed E-state index contributed by atoms with van der Waals surface area (Å²) < 4.78 is 87.2. The van der Waals surface area contributed by atoms with Gasteiger partial charge in [0.15, 0.2) is 8.32 Å². The van der Waals surface area contributed by atoms with Crippen LogP contribution in [0.25, 0.3) is 0 Å². The van der Waals surface area contributed by atoms with Crippen molar-refractivity contribution in [3.63, 3.8) is 0 Å². The molecule has 10 atom stereocenters. The highest BCUT2D eigenvalue weighted by Gasteiger charge is 2.69. The summed E-state index contributed by atoms with van der Waals surface area (Å²) in [6.45, 7) is 17.1. The molecule has 0 aliphatic carbocycles. The maximum Gasteiger partial charge on any atom is 0.261 e. The van der Waals surface area contributed by atoms with Gasteiger partial charge in [0.25, 0.3) is 8.32 Å². The van der Waals surface area contributed by atoms with Crippen LogP contribution >= 0.6 is 0 Å². The van der Waals surface area contributed by atoms with E-state index < -0.39 is 55.3 Å². The Hall–Kier alpha value is -3.84. The fourth-order valence-corrected chi connectivity index (χ4v) is 21.4. The first kappa shape index (κ1) is 54.0. The molecule has 0 saturated carbocycles. The van der Waals surface area contributed by atoms with Gasteiger partial charge < -0.3 is 37.3 Å². The lowest BCUT2D eigenvalue weighted by molar-refractivity contribution is -0.306. The summed E-state index contributed by atoms with van der Waals surface area (Å²) >= 11 is 0. The minimum atomic E-state index is -4.11. The molecule has 5 aromatic rings. The van der Waals surface area contributed by atoms with Crippen LogP contribution in [0.5, 0.6) is 0 Å². The molecular formula is C60H78O10SSi2. The van der Waals surface area contributed by atoms with Gasteiger partial charge >= 0.3 is 0 Å². The number of hydrogen-bond donors (Lipinski definition) is 0. The molecule has 0 bridgehead atoms. The Morgan fingerprint density at radius 1 is 0.630 bits per heavy atom. The van der Waals surface area contributed by atoms with Gasteiger partial charge in [0.05, 0.1) is 73.0 Å². The first-order valence-electron chi connectivity index (χ1n) is 26.8. The van der Waals surface area contributed by atoms with Crippen molar-refractivity contribution in [1.82, 2.24) is 0 Å². The molecule has 73 heavy (non-hydrogen) atoms. The van der Waals surface area contributed by atoms with E-state index in [1.165, 1.54) is 0 Å². The topological polar surface area (TPSA) is 111 Å². The number of hydrogen-bond acceptors (Lipinski definition) is 10. The molecule has 4 heterocycles. The molecule has 0 radical (unpaired) electrons. The normalized spacial score (nSPS) is 28.5. The molecule has 4 aliphatic rings. The zero-order chi connectivity index (χ0) is 51.3. The summed E-state index contributed by atoms with van der Waals surface area (Å²) in [7, 11) is -9.44. The number of benzene rings is 5. The van der Waals surface area contributed by atoms with Crippen molar-refractivity contribution in [2.24, 2.45) is 0 Å². The molecule has 4 fully saturated rings. The van der Waals surface area contributed by atoms with Crippen molar-refractivity contribution in [3.8, 4) is 0 Å². The maximum atomic E-state index is 15.4. The Labute approximate surface area is 437 Å². The number of ether oxygens (including phenoxy) is 6. The van der Waals surface area contributed by atoms with E-state index in [4.69, 9.17) is 37.3 Å². The van der Waals surface area contributed by atoms with Crippen molar-refractivity contribution >= 4 is 36.8 Å². The first-order valence-corrected chi connectivity index (χ1v) is 32.8. The van der Waals surface area contributed by atoms with E-state index in [1.54, 1.807) is 24.3 Å². The second-order valence-electron chi connectivity index (χ2n) is 22.0. The SMILES string of the molecule is CC[Si](CC)(CC)O[C@@H]1C[C@@H]2O[C@@H]3C[C@H](OCc4ccccc4)[C@@](C)(CCOCc4ccccc4)O[C@H]3C[C@H]2O[C@H]1C[C@@]1(S(=O)(=O)c2ccccc2)O[C@@H]1CO[Si](c1ccccc1)(c1ccccc1)C(C)(C)C. The quantitative estimate of drug-likeness (QED) is 0.0377. The third kappa shape index (κ3) is 11.3. The lowest BCUT2D eigenvalue weighted by atomic mass is 9.81. The van der Waals surface area contributed by atoms with E-state index in [0.717, 1.165) is 39.6 Å². The average Bonchev–Trinajstić information content (AvgIpc) is 4.13. The summed E-state index contributed by atoms with van der Waals surface area (Å²) in [5.74, 6) is 0. The van der Waals surface area contributed by atoms with Crippen LogP contribution in [-0.4, -0.2) is 97.6 Å². The van der Waals surface area contributed by atoms with Gasteiger partial charge in [-0.25, -0.2) is 8.42 Å². The first-order chi connectivity index (χ1) is 35.2. The van der Waals surface area contributed by atoms with Gasteiger partial charge in [-0.15, -0.1) is 0 Å². The minimum absolute atomic E-state index is 0.0787. The summed E-state index contributed by atoms with van der Waals surface area (Å²) in [6, 6.07) is 52.9. The predicted molar refractivity (Wildman–Crippen MR) is 292 cm³/mol. The number of rotatable bonds is 22. The molecule has 13 heteroatoms. The van der Waals surface area contributed by atoms with E-state index in [1.807, 2.05) is 54.6 Å². The summed E-state index contributed by atoms with van der Waals surface area (Å²) in [4.78, 5) is -1.42. The Kier molecular flexibility index (Phi) is 16.8. The van der Waals surface area contributed by atoms with Gasteiger partial charge in [-0.3, -0.25) is 0 Å². The fraction of sp³-hybridized carbons (Fsp3) is 0.500. The van der Waals surface area contributed by atoms with E-state index in [0.29, 0.717) is 45.5 Å². The van der Waals surface area contributed by atoms with Crippen molar-refractivity contribution in [1.29, 1.82) is 0 Å². The summed E-state index contributed by atoms with van der Waals surface area (Å²) in [5.41, 5.74) is 1.55. The number of epoxide rings is 1. The Morgan fingerprint density at radius 3 is 1.71 bits per heavy atom. The van der Waals surface area contributed by atoms with Crippen LogP contribution in [0.2, 0.25) is 23.2 Å². The molecule has 0 N–H and O–H groups in total. The van der Waals surface area contributed by atoms with Crippen molar-refractivity contribution in [2.75, 3.05) is 13.2 Å². The number of fused-ring (bicyclic) bond motifs is 2. The monoisotopic (exact) mass is 1050 g/mol. The van der Waals surface area contributed by atoms with Crippen LogP contribution in [0.15, 0.2) is 157 Å². The van der Waals surface area contributed by atoms with Gasteiger partial charge in [0, 0.05) is 38.7 Å². The van der Waals surface area contributed by atoms with Gasteiger partial charge in [0.2, 0.25) is 14.8 Å². The number of sulfone groups is 1. The molecule has 0 spiro atoms. The van der Waals surface area contributed by atoms with Gasteiger partial charge in [-0.1, -0.05) is 181 Å². The van der Waals surface area contributed by atoms with Crippen LogP contribution in [0.4, 0.5) is 0 Å². The van der Waals surface area contributed by atoms with E-state index in [-0.39, 0.29) is 53.5 Å². The van der Waals surface area contributed by atoms with Crippen LogP contribution in [0, 0.1) is 0 Å². The van der Waals surface area contributed by atoms with Crippen LogP contribution in [-0.2, 0) is 60.3 Å². The van der Waals surface area contributed by atoms with Crippen LogP contribution in [0.3, 0.4) is 0 Å². The minimum Gasteiger partial charge on any atom is -0.411 e. The smallest absolute Gasteiger partial charge is 0.261 e. The molecule has 5 aromatic carbocycles. The molecule has 10 nitrogen and oxygen atoms in total. The molecule has 4 aliphatic heterocycles. The van der Waals surface area contributed by atoms with E-state index in [2.05, 4.69) is 121 Å². The summed E-state index contributed by atoms with van der Waals surface area (Å²) in [5, 5.41) is 1.91. The lowest BCUT2D eigenvalue weighted by Crippen LogP contribution is -2.67. The third-order valence-electron chi connectivity index (χ3n) is 16.5. The van der Waals surface area contributed by atoms with E-state index >= 15 is 8.42 Å². The Balaban J connectivity index is 1.01. The van der Waals surface area contributed by atoms with Gasteiger partial charge in [0.1, 0.15) is 6.10 Å². The van der Waals surface area contributed by atoms with Crippen LogP contribution < -0.4 is 10.4 Å². The average molecular weight is 1050 g/mol. The predicted octanol–water partition coefficient (Wildman–Crippen LogP) is 11.0. The second-order valence-corrected chi connectivity index (χ2v) is 33.2. The molecule has 4 saturated heterocycles. The Morgan fingerprint density at radius 2 is 1.15 bits per heavy atom. The fourth-order valence-electron chi connectivity index (χ4n) is 12.0. The molecule has 392 valence electrons. The molecular weight excluding hydrogens is 969 g/mol. The third-order valence-corrected chi connectivity index (χ3v) is 28.5.